The van der Waals surface area contributed by atoms with Crippen LogP contribution in [0.1, 0.15) is 28.9 Å². The van der Waals surface area contributed by atoms with Gasteiger partial charge >= 0.3 is 5.97 Å². The van der Waals surface area contributed by atoms with Crippen molar-refractivity contribution in [3.05, 3.63) is 17.5 Å². The van der Waals surface area contributed by atoms with E-state index in [1.54, 1.807) is 18.8 Å². The van der Waals surface area contributed by atoms with Crippen molar-refractivity contribution in [1.29, 1.82) is 0 Å². The van der Waals surface area contributed by atoms with E-state index in [1.807, 2.05) is 0 Å². The van der Waals surface area contributed by atoms with Gasteiger partial charge < -0.3 is 15.6 Å². The fourth-order valence-corrected chi connectivity index (χ4v) is 2.75. The number of rotatable bonds is 5. The number of carbonyl (C=O) groups is 1. The van der Waals surface area contributed by atoms with E-state index in [2.05, 4.69) is 10.00 Å². The molecule has 1 saturated heterocycles. The normalized spacial score (nSPS) is 23.9. The Morgan fingerprint density at radius 2 is 2.40 bits per heavy atom. The maximum Gasteiger partial charge on any atom is 0.339 e. The van der Waals surface area contributed by atoms with E-state index >= 15 is 0 Å². The van der Waals surface area contributed by atoms with Gasteiger partial charge in [-0.25, -0.2) is 4.79 Å². The molecule has 2 unspecified atom stereocenters. The molecule has 1 aliphatic heterocycles. The number of hydrogen-bond donors (Lipinski definition) is 2. The fourth-order valence-electron chi connectivity index (χ4n) is 2.75. The largest absolute Gasteiger partial charge is 0.478 e. The van der Waals surface area contributed by atoms with Crippen LogP contribution in [0.2, 0.25) is 0 Å². The molecule has 0 aliphatic carbocycles. The van der Waals surface area contributed by atoms with Crippen molar-refractivity contribution in [2.45, 2.75) is 31.5 Å². The molecule has 3 N–H and O–H groups in total. The summed E-state index contributed by atoms with van der Waals surface area (Å²) in [6.45, 7) is 1.95. The van der Waals surface area contributed by atoms with Crippen LogP contribution in [-0.2, 0) is 18.3 Å². The second kappa shape index (κ2) is 6.34. The van der Waals surface area contributed by atoms with Gasteiger partial charge in [-0.05, 0) is 12.8 Å². The molecule has 0 saturated carbocycles. The van der Waals surface area contributed by atoms with E-state index in [9.17, 15) is 9.90 Å². The molecule has 0 bridgehead atoms. The molecule has 0 radical (unpaired) electrons. The highest BCUT2D eigenvalue weighted by atomic mass is 16.5. The number of hydrogen-bond acceptors (Lipinski definition) is 5. The molecular weight excluding hydrogens is 260 g/mol. The van der Waals surface area contributed by atoms with Gasteiger partial charge in [0.25, 0.3) is 0 Å². The van der Waals surface area contributed by atoms with E-state index in [0.29, 0.717) is 18.8 Å². The molecule has 1 aliphatic rings. The second-order valence-corrected chi connectivity index (χ2v) is 5.18. The fraction of sp³-hybridized carbons (Fsp3) is 0.692. The van der Waals surface area contributed by atoms with Crippen LogP contribution in [-0.4, -0.2) is 58.1 Å². The number of aromatic nitrogens is 2. The lowest BCUT2D eigenvalue weighted by Crippen LogP contribution is -2.48. The van der Waals surface area contributed by atoms with Crippen LogP contribution in [0.15, 0.2) is 6.20 Å². The second-order valence-electron chi connectivity index (χ2n) is 5.18. The molecule has 7 nitrogen and oxygen atoms in total. The lowest BCUT2D eigenvalue weighted by atomic mass is 9.99. The van der Waals surface area contributed by atoms with Crippen LogP contribution in [0.5, 0.6) is 0 Å². The van der Waals surface area contributed by atoms with E-state index < -0.39 is 5.97 Å². The summed E-state index contributed by atoms with van der Waals surface area (Å²) in [5, 5.41) is 13.2. The minimum Gasteiger partial charge on any atom is -0.478 e. The van der Waals surface area contributed by atoms with Gasteiger partial charge in [0.05, 0.1) is 18.0 Å². The number of piperidine rings is 1. The Hall–Kier alpha value is -1.44. The van der Waals surface area contributed by atoms with Crippen molar-refractivity contribution in [3.63, 3.8) is 0 Å². The first-order valence-electron chi connectivity index (χ1n) is 6.77. The summed E-state index contributed by atoms with van der Waals surface area (Å²) in [5.41, 5.74) is 6.82. The lowest BCUT2D eigenvalue weighted by Gasteiger charge is -2.38. The maximum absolute atomic E-state index is 11.2. The molecule has 2 heterocycles. The summed E-state index contributed by atoms with van der Waals surface area (Å²) in [4.78, 5) is 13.4. The number of carboxylic acids is 1. The van der Waals surface area contributed by atoms with Crippen molar-refractivity contribution in [3.8, 4) is 0 Å². The van der Waals surface area contributed by atoms with E-state index in [-0.39, 0.29) is 17.7 Å². The number of aryl methyl sites for hydroxylation is 1. The first-order valence-corrected chi connectivity index (χ1v) is 6.77. The summed E-state index contributed by atoms with van der Waals surface area (Å²) in [5.74, 6) is -0.941. The van der Waals surface area contributed by atoms with Crippen LogP contribution < -0.4 is 5.73 Å². The van der Waals surface area contributed by atoms with Gasteiger partial charge in [-0.1, -0.05) is 0 Å². The topological polar surface area (TPSA) is 93.6 Å². The summed E-state index contributed by atoms with van der Waals surface area (Å²) >= 11 is 0. The number of ether oxygens (including phenoxy) is 1. The first kappa shape index (κ1) is 15.0. The summed E-state index contributed by atoms with van der Waals surface area (Å²) in [6.07, 6.45) is 3.46. The van der Waals surface area contributed by atoms with E-state index in [4.69, 9.17) is 10.5 Å². The summed E-state index contributed by atoms with van der Waals surface area (Å²) in [7, 11) is 3.48. The van der Waals surface area contributed by atoms with Gasteiger partial charge in [0.15, 0.2) is 0 Å². The predicted molar refractivity (Wildman–Crippen MR) is 73.5 cm³/mol. The third kappa shape index (κ3) is 3.00. The Bertz CT molecular complexity index is 474. The Morgan fingerprint density at radius 1 is 1.65 bits per heavy atom. The molecule has 1 fully saturated rings. The minimum atomic E-state index is -0.941. The number of nitrogens with zero attached hydrogens (tertiary/aromatic N) is 3. The van der Waals surface area contributed by atoms with Crippen molar-refractivity contribution >= 4 is 5.97 Å². The van der Waals surface area contributed by atoms with Gasteiger partial charge in [-0.15, -0.1) is 0 Å². The molecule has 0 aromatic carbocycles. The van der Waals surface area contributed by atoms with Crippen LogP contribution in [0, 0.1) is 0 Å². The monoisotopic (exact) mass is 282 g/mol. The van der Waals surface area contributed by atoms with E-state index in [1.165, 1.54) is 6.20 Å². The standard InChI is InChI=1S/C13H22N4O3/c1-16-12(11(7-15-16)13(18)19)8-17-4-3-10(20-2)5-9(17)6-14/h7,9-10H,3-6,8,14H2,1-2H3,(H,18,19). The van der Waals surface area contributed by atoms with Crippen molar-refractivity contribution in [2.24, 2.45) is 12.8 Å². The smallest absolute Gasteiger partial charge is 0.339 e. The molecule has 0 spiro atoms. The number of methoxy groups -OCH3 is 1. The maximum atomic E-state index is 11.2. The van der Waals surface area contributed by atoms with Gasteiger partial charge in [-0.2, -0.15) is 5.10 Å². The molecule has 20 heavy (non-hydrogen) atoms. The average molecular weight is 282 g/mol. The number of likely N-dealkylation sites (tertiary alicyclic amines) is 1. The lowest BCUT2D eigenvalue weighted by molar-refractivity contribution is 0.00922. The highest BCUT2D eigenvalue weighted by Crippen LogP contribution is 2.22. The molecule has 1 aromatic heterocycles. The third-order valence-corrected chi connectivity index (χ3v) is 4.04. The zero-order valence-corrected chi connectivity index (χ0v) is 12.0. The zero-order chi connectivity index (χ0) is 14.7. The third-order valence-electron chi connectivity index (χ3n) is 4.04. The Labute approximate surface area is 118 Å². The molecule has 7 heteroatoms. The Balaban J connectivity index is 2.13. The summed E-state index contributed by atoms with van der Waals surface area (Å²) < 4.78 is 7.02. The van der Waals surface area contributed by atoms with Crippen LogP contribution in [0.3, 0.4) is 0 Å². The number of carboxylic acid groups (broad SMARTS) is 1. The van der Waals surface area contributed by atoms with Crippen LogP contribution in [0.25, 0.3) is 0 Å². The summed E-state index contributed by atoms with van der Waals surface area (Å²) in [6, 6.07) is 0.213. The molecule has 112 valence electrons. The first-order chi connectivity index (χ1) is 9.56. The molecular formula is C13H22N4O3. The SMILES string of the molecule is COC1CCN(Cc2c(C(=O)O)cnn2C)C(CN)C1. The quantitative estimate of drug-likeness (QED) is 0.793. The molecule has 0 amide bonds. The highest BCUT2D eigenvalue weighted by Gasteiger charge is 2.29. The average Bonchev–Trinajstić information content (AvgIpc) is 2.81. The Morgan fingerprint density at radius 3 is 3.00 bits per heavy atom. The zero-order valence-electron chi connectivity index (χ0n) is 12.0. The van der Waals surface area contributed by atoms with Crippen LogP contribution >= 0.6 is 0 Å². The Kier molecular flexibility index (Phi) is 4.74. The van der Waals surface area contributed by atoms with E-state index in [0.717, 1.165) is 19.4 Å². The minimum absolute atomic E-state index is 0.213. The van der Waals surface area contributed by atoms with Gasteiger partial charge in [0, 0.05) is 39.8 Å². The molecule has 1 aromatic rings. The number of aromatic carboxylic acids is 1. The molecule has 2 rings (SSSR count). The van der Waals surface area contributed by atoms with Gasteiger partial charge in [-0.3, -0.25) is 9.58 Å². The van der Waals surface area contributed by atoms with Gasteiger partial charge in [0.2, 0.25) is 0 Å². The number of nitrogens with two attached hydrogens (primary N) is 1. The van der Waals surface area contributed by atoms with Crippen molar-refractivity contribution < 1.29 is 14.6 Å². The highest BCUT2D eigenvalue weighted by molar-refractivity contribution is 5.88. The van der Waals surface area contributed by atoms with Crippen molar-refractivity contribution in [2.75, 3.05) is 20.2 Å². The van der Waals surface area contributed by atoms with Crippen molar-refractivity contribution in [1.82, 2.24) is 14.7 Å². The van der Waals surface area contributed by atoms with Crippen LogP contribution in [0.4, 0.5) is 0 Å². The predicted octanol–water partition coefficient (Wildman–Crippen LogP) is 0.0564. The van der Waals surface area contributed by atoms with Gasteiger partial charge in [0.1, 0.15) is 5.56 Å². The molecule has 2 atom stereocenters.